The van der Waals surface area contributed by atoms with Gasteiger partial charge < -0.3 is 10.2 Å². The molecule has 136 valence electrons. The van der Waals surface area contributed by atoms with E-state index in [1.165, 1.54) is 18.2 Å². The summed E-state index contributed by atoms with van der Waals surface area (Å²) in [7, 11) is -3.56. The van der Waals surface area contributed by atoms with Crippen molar-refractivity contribution in [3.8, 4) is 0 Å². The molecule has 0 spiro atoms. The van der Waals surface area contributed by atoms with E-state index >= 15 is 0 Å². The topological polar surface area (TPSA) is 78.5 Å². The predicted octanol–water partition coefficient (Wildman–Crippen LogP) is 1.22. The quantitative estimate of drug-likeness (QED) is 0.771. The fourth-order valence-electron chi connectivity index (χ4n) is 3.63. The summed E-state index contributed by atoms with van der Waals surface area (Å²) in [6.07, 6.45) is 3.54. The van der Waals surface area contributed by atoms with E-state index in [0.29, 0.717) is 17.4 Å². The van der Waals surface area contributed by atoms with Gasteiger partial charge in [-0.3, -0.25) is 4.79 Å². The number of amides is 1. The van der Waals surface area contributed by atoms with Crippen LogP contribution < -0.4 is 10.0 Å². The Labute approximate surface area is 149 Å². The van der Waals surface area contributed by atoms with Gasteiger partial charge in [-0.05, 0) is 62.0 Å². The fraction of sp³-hybridized carbons (Fsp3) is 0.500. The summed E-state index contributed by atoms with van der Waals surface area (Å²) >= 11 is 0. The molecule has 6 nitrogen and oxygen atoms in total. The molecule has 2 heterocycles. The number of hydrogen-bond donors (Lipinski definition) is 2. The molecule has 2 fully saturated rings. The molecule has 25 heavy (non-hydrogen) atoms. The smallest absolute Gasteiger partial charge is 0.253 e. The molecule has 0 saturated carbocycles. The second-order valence-electron chi connectivity index (χ2n) is 6.71. The van der Waals surface area contributed by atoms with Crippen molar-refractivity contribution in [3.05, 3.63) is 42.5 Å². The molecule has 2 N–H and O–H groups in total. The van der Waals surface area contributed by atoms with Gasteiger partial charge in [-0.2, -0.15) is 0 Å². The Balaban J connectivity index is 1.67. The number of hydrogen-bond acceptors (Lipinski definition) is 4. The Hall–Kier alpha value is -1.70. The summed E-state index contributed by atoms with van der Waals surface area (Å²) < 4.78 is 26.6. The first kappa shape index (κ1) is 18.1. The van der Waals surface area contributed by atoms with Crippen LogP contribution in [0.3, 0.4) is 0 Å². The second-order valence-corrected chi connectivity index (χ2v) is 8.48. The van der Waals surface area contributed by atoms with Crippen LogP contribution in [-0.4, -0.2) is 51.9 Å². The first-order valence-electron chi connectivity index (χ1n) is 8.72. The Kier molecular flexibility index (Phi) is 5.56. The minimum Gasteiger partial charge on any atom is -0.339 e. The molecule has 2 aliphatic rings. The number of fused-ring (bicyclic) bond motifs is 1. The van der Waals surface area contributed by atoms with Crippen molar-refractivity contribution < 1.29 is 13.2 Å². The molecule has 1 amide bonds. The summed E-state index contributed by atoms with van der Waals surface area (Å²) in [5, 5.41) is 3.43. The van der Waals surface area contributed by atoms with E-state index in [1.807, 2.05) is 4.90 Å². The van der Waals surface area contributed by atoms with Crippen LogP contribution in [0.2, 0.25) is 0 Å². The van der Waals surface area contributed by atoms with Crippen molar-refractivity contribution in [3.63, 3.8) is 0 Å². The Bertz CT molecular complexity index is 716. The highest BCUT2D eigenvalue weighted by molar-refractivity contribution is 7.89. The number of benzene rings is 1. The molecule has 1 aromatic carbocycles. The van der Waals surface area contributed by atoms with Gasteiger partial charge in [0, 0.05) is 25.2 Å². The molecular formula is C18H25N3O3S. The van der Waals surface area contributed by atoms with E-state index in [2.05, 4.69) is 16.6 Å². The van der Waals surface area contributed by atoms with E-state index in [0.717, 1.165) is 39.0 Å². The lowest BCUT2D eigenvalue weighted by atomic mass is 9.92. The predicted molar refractivity (Wildman–Crippen MR) is 96.8 cm³/mol. The molecule has 2 saturated heterocycles. The molecule has 7 heteroatoms. The largest absolute Gasteiger partial charge is 0.339 e. The van der Waals surface area contributed by atoms with E-state index < -0.39 is 10.0 Å². The summed E-state index contributed by atoms with van der Waals surface area (Å²) in [5.41, 5.74) is 0.535. The molecule has 2 aliphatic heterocycles. The summed E-state index contributed by atoms with van der Waals surface area (Å²) in [4.78, 5) is 14.8. The lowest BCUT2D eigenvalue weighted by Crippen LogP contribution is -2.32. The van der Waals surface area contributed by atoms with Gasteiger partial charge in [0.1, 0.15) is 0 Å². The van der Waals surface area contributed by atoms with Crippen LogP contribution in [0.15, 0.2) is 41.8 Å². The van der Waals surface area contributed by atoms with E-state index in [4.69, 9.17) is 0 Å². The number of sulfonamides is 1. The molecule has 3 rings (SSSR count). The monoisotopic (exact) mass is 363 g/mol. The van der Waals surface area contributed by atoms with Crippen molar-refractivity contribution in [2.24, 2.45) is 11.8 Å². The maximum atomic E-state index is 12.7. The van der Waals surface area contributed by atoms with Crippen LogP contribution in [0.5, 0.6) is 0 Å². The van der Waals surface area contributed by atoms with Crippen molar-refractivity contribution in [2.75, 3.05) is 32.7 Å². The summed E-state index contributed by atoms with van der Waals surface area (Å²) in [5.74, 6) is 1.32. The second kappa shape index (κ2) is 7.68. The van der Waals surface area contributed by atoms with Crippen molar-refractivity contribution in [2.45, 2.75) is 17.7 Å². The zero-order valence-corrected chi connectivity index (χ0v) is 15.1. The molecular weight excluding hydrogens is 338 g/mol. The Morgan fingerprint density at radius 3 is 2.36 bits per heavy atom. The van der Waals surface area contributed by atoms with Gasteiger partial charge in [-0.25, -0.2) is 13.1 Å². The molecule has 0 aromatic heterocycles. The van der Waals surface area contributed by atoms with Crippen LogP contribution in [0.4, 0.5) is 0 Å². The Morgan fingerprint density at radius 2 is 1.80 bits per heavy atom. The summed E-state index contributed by atoms with van der Waals surface area (Å²) in [6.45, 7) is 7.31. The zero-order valence-electron chi connectivity index (χ0n) is 14.3. The molecule has 1 aromatic rings. The first-order valence-corrected chi connectivity index (χ1v) is 10.2. The maximum absolute atomic E-state index is 12.7. The lowest BCUT2D eigenvalue weighted by Gasteiger charge is -2.21. The van der Waals surface area contributed by atoms with Crippen LogP contribution in [0.25, 0.3) is 0 Å². The molecule has 2 atom stereocenters. The summed E-state index contributed by atoms with van der Waals surface area (Å²) in [6, 6.07) is 6.15. The number of nitrogens with one attached hydrogen (secondary N) is 2. The third-order valence-corrected chi connectivity index (χ3v) is 6.58. The normalized spacial score (nSPS) is 23.8. The highest BCUT2D eigenvalue weighted by atomic mass is 32.2. The minimum absolute atomic E-state index is 0.0177. The van der Waals surface area contributed by atoms with Gasteiger partial charge in [0.2, 0.25) is 10.0 Å². The van der Waals surface area contributed by atoms with Gasteiger partial charge in [0.15, 0.2) is 0 Å². The van der Waals surface area contributed by atoms with Gasteiger partial charge >= 0.3 is 0 Å². The average Bonchev–Trinajstić information content (AvgIpc) is 2.98. The highest BCUT2D eigenvalue weighted by Crippen LogP contribution is 2.27. The van der Waals surface area contributed by atoms with Crippen LogP contribution in [0, 0.1) is 11.8 Å². The number of rotatable bonds is 5. The molecule has 0 aliphatic carbocycles. The average molecular weight is 363 g/mol. The Morgan fingerprint density at radius 1 is 1.20 bits per heavy atom. The van der Waals surface area contributed by atoms with Crippen LogP contribution in [0.1, 0.15) is 23.2 Å². The van der Waals surface area contributed by atoms with Gasteiger partial charge in [-0.1, -0.05) is 6.08 Å². The maximum Gasteiger partial charge on any atom is 0.253 e. The molecule has 0 unspecified atom stereocenters. The third kappa shape index (κ3) is 4.11. The molecule has 0 radical (unpaired) electrons. The van der Waals surface area contributed by atoms with E-state index in [1.54, 1.807) is 12.1 Å². The van der Waals surface area contributed by atoms with E-state index in [9.17, 15) is 13.2 Å². The standard InChI is InChI=1S/C18H25N3O3S/c1-2-9-20-25(23,24)17-5-3-14(4-6-17)18(22)21-10-7-15-12-19-13-16(15)8-11-21/h2-6,15-16,19-20H,1,7-13H2/t15-,16+. The minimum atomic E-state index is -3.56. The first-order chi connectivity index (χ1) is 12.0. The van der Waals surface area contributed by atoms with Crippen LogP contribution in [-0.2, 0) is 10.0 Å². The van der Waals surface area contributed by atoms with Gasteiger partial charge in [-0.15, -0.1) is 6.58 Å². The van der Waals surface area contributed by atoms with Crippen molar-refractivity contribution in [1.29, 1.82) is 0 Å². The van der Waals surface area contributed by atoms with Gasteiger partial charge in [0.05, 0.1) is 4.90 Å². The van der Waals surface area contributed by atoms with Gasteiger partial charge in [0.25, 0.3) is 5.91 Å². The number of likely N-dealkylation sites (tertiary alicyclic amines) is 1. The lowest BCUT2D eigenvalue weighted by molar-refractivity contribution is 0.0758. The molecule has 0 bridgehead atoms. The zero-order chi connectivity index (χ0) is 17.9. The van der Waals surface area contributed by atoms with Crippen molar-refractivity contribution >= 4 is 15.9 Å². The third-order valence-electron chi connectivity index (χ3n) is 5.14. The van der Waals surface area contributed by atoms with E-state index in [-0.39, 0.29) is 17.3 Å². The number of nitrogens with zero attached hydrogens (tertiary/aromatic N) is 1. The highest BCUT2D eigenvalue weighted by Gasteiger charge is 2.31. The number of carbonyl (C=O) groups excluding carboxylic acids is 1. The SMILES string of the molecule is C=CCNS(=O)(=O)c1ccc(C(=O)N2CC[C@@H]3CNC[C@@H]3CC2)cc1. The van der Waals surface area contributed by atoms with Crippen LogP contribution >= 0.6 is 0 Å². The number of carbonyl (C=O) groups is 1. The fourth-order valence-corrected chi connectivity index (χ4v) is 4.63. The van der Waals surface area contributed by atoms with Crippen molar-refractivity contribution in [1.82, 2.24) is 14.9 Å².